The van der Waals surface area contributed by atoms with Gasteiger partial charge in [-0.25, -0.2) is 0 Å². The van der Waals surface area contributed by atoms with Crippen LogP contribution < -0.4 is 5.32 Å². The highest BCUT2D eigenvalue weighted by atomic mass is 16.2. The van der Waals surface area contributed by atoms with Gasteiger partial charge in [-0.1, -0.05) is 0 Å². The maximum absolute atomic E-state index is 12.3. The van der Waals surface area contributed by atoms with Gasteiger partial charge in [-0.15, -0.1) is 0 Å². The van der Waals surface area contributed by atoms with Gasteiger partial charge in [0.2, 0.25) is 5.91 Å². The first-order valence-corrected chi connectivity index (χ1v) is 6.93. The van der Waals surface area contributed by atoms with Gasteiger partial charge < -0.3 is 10.2 Å². The molecule has 4 heteroatoms. The van der Waals surface area contributed by atoms with E-state index in [4.69, 9.17) is 0 Å². The number of hydrogen-bond donors (Lipinski definition) is 1. The van der Waals surface area contributed by atoms with E-state index in [0.29, 0.717) is 11.9 Å². The molecule has 2 heterocycles. The number of rotatable bonds is 4. The Hall–Kier alpha value is -0.610. The normalized spacial score (nSPS) is 27.6. The molecular formula is C13H25N3O. The quantitative estimate of drug-likeness (QED) is 0.784. The Morgan fingerprint density at radius 3 is 2.65 bits per heavy atom. The summed E-state index contributed by atoms with van der Waals surface area (Å²) < 4.78 is 0. The molecule has 1 amide bonds. The zero-order chi connectivity index (χ0) is 12.3. The summed E-state index contributed by atoms with van der Waals surface area (Å²) >= 11 is 0. The standard InChI is InChI=1S/C13H25N3O/c1-11(13(17)15-7-3-4-8-15)16-9-5-6-12(16)10-14-2/h11-12,14H,3-10H2,1-2H3. The van der Waals surface area contributed by atoms with Crippen molar-refractivity contribution in [2.24, 2.45) is 0 Å². The van der Waals surface area contributed by atoms with E-state index in [1.165, 1.54) is 25.7 Å². The molecule has 4 nitrogen and oxygen atoms in total. The van der Waals surface area contributed by atoms with Gasteiger partial charge >= 0.3 is 0 Å². The molecule has 0 aromatic carbocycles. The van der Waals surface area contributed by atoms with Gasteiger partial charge in [-0.05, 0) is 46.2 Å². The Labute approximate surface area is 104 Å². The van der Waals surface area contributed by atoms with Crippen LogP contribution in [-0.4, -0.2) is 61.0 Å². The van der Waals surface area contributed by atoms with Crippen molar-refractivity contribution in [3.8, 4) is 0 Å². The first kappa shape index (κ1) is 12.8. The predicted molar refractivity (Wildman–Crippen MR) is 68.9 cm³/mol. The van der Waals surface area contributed by atoms with Crippen LogP contribution in [0.3, 0.4) is 0 Å². The molecule has 2 atom stereocenters. The van der Waals surface area contributed by atoms with Crippen LogP contribution >= 0.6 is 0 Å². The molecule has 2 fully saturated rings. The molecule has 0 spiro atoms. The van der Waals surface area contributed by atoms with Crippen molar-refractivity contribution >= 4 is 5.91 Å². The molecule has 0 aromatic heterocycles. The summed E-state index contributed by atoms with van der Waals surface area (Å²) in [7, 11) is 1.99. The maximum Gasteiger partial charge on any atom is 0.239 e. The fraction of sp³-hybridized carbons (Fsp3) is 0.923. The topological polar surface area (TPSA) is 35.6 Å². The minimum Gasteiger partial charge on any atom is -0.341 e. The van der Waals surface area contributed by atoms with Crippen LogP contribution in [0.2, 0.25) is 0 Å². The Kier molecular flexibility index (Phi) is 4.40. The van der Waals surface area contributed by atoms with Gasteiger partial charge in [-0.2, -0.15) is 0 Å². The smallest absolute Gasteiger partial charge is 0.239 e. The third kappa shape index (κ3) is 2.80. The molecule has 98 valence electrons. The van der Waals surface area contributed by atoms with Crippen molar-refractivity contribution < 1.29 is 4.79 Å². The summed E-state index contributed by atoms with van der Waals surface area (Å²) in [5.41, 5.74) is 0. The second kappa shape index (κ2) is 5.83. The zero-order valence-electron chi connectivity index (χ0n) is 11.1. The second-order valence-corrected chi connectivity index (χ2v) is 5.30. The number of carbonyl (C=O) groups excluding carboxylic acids is 1. The van der Waals surface area contributed by atoms with Crippen molar-refractivity contribution in [3.05, 3.63) is 0 Å². The monoisotopic (exact) mass is 239 g/mol. The van der Waals surface area contributed by atoms with Crippen molar-refractivity contribution in [1.82, 2.24) is 15.1 Å². The van der Waals surface area contributed by atoms with Crippen molar-refractivity contribution in [2.45, 2.75) is 44.7 Å². The van der Waals surface area contributed by atoms with Gasteiger partial charge in [0.1, 0.15) is 0 Å². The molecule has 0 bridgehead atoms. The lowest BCUT2D eigenvalue weighted by Gasteiger charge is -2.32. The Morgan fingerprint density at radius 1 is 1.29 bits per heavy atom. The molecular weight excluding hydrogens is 214 g/mol. The molecule has 0 saturated carbocycles. The lowest BCUT2D eigenvalue weighted by atomic mass is 10.2. The van der Waals surface area contributed by atoms with Crippen LogP contribution in [-0.2, 0) is 4.79 Å². The first-order chi connectivity index (χ1) is 8.24. The molecule has 0 aromatic rings. The summed E-state index contributed by atoms with van der Waals surface area (Å²) in [6.45, 7) is 6.08. The number of likely N-dealkylation sites (N-methyl/N-ethyl adjacent to an activating group) is 1. The van der Waals surface area contributed by atoms with E-state index in [0.717, 1.165) is 26.2 Å². The number of amides is 1. The highest BCUT2D eigenvalue weighted by molar-refractivity contribution is 5.81. The third-order valence-electron chi connectivity index (χ3n) is 4.14. The highest BCUT2D eigenvalue weighted by Crippen LogP contribution is 2.21. The maximum atomic E-state index is 12.3. The minimum atomic E-state index is 0.0638. The summed E-state index contributed by atoms with van der Waals surface area (Å²) in [5, 5.41) is 3.24. The van der Waals surface area contributed by atoms with Crippen molar-refractivity contribution in [2.75, 3.05) is 33.2 Å². The van der Waals surface area contributed by atoms with Crippen LogP contribution in [0.25, 0.3) is 0 Å². The van der Waals surface area contributed by atoms with E-state index in [-0.39, 0.29) is 6.04 Å². The summed E-state index contributed by atoms with van der Waals surface area (Å²) in [5.74, 6) is 0.338. The zero-order valence-corrected chi connectivity index (χ0v) is 11.1. The van der Waals surface area contributed by atoms with E-state index >= 15 is 0 Å². The number of nitrogens with one attached hydrogen (secondary N) is 1. The molecule has 2 unspecified atom stereocenters. The van der Waals surface area contributed by atoms with Gasteiger partial charge in [0.15, 0.2) is 0 Å². The Balaban J connectivity index is 1.93. The van der Waals surface area contributed by atoms with Gasteiger partial charge in [0, 0.05) is 25.7 Å². The van der Waals surface area contributed by atoms with Crippen LogP contribution in [0.5, 0.6) is 0 Å². The number of nitrogens with zero attached hydrogens (tertiary/aromatic N) is 2. The van der Waals surface area contributed by atoms with E-state index < -0.39 is 0 Å². The SMILES string of the molecule is CNCC1CCCN1C(C)C(=O)N1CCCC1. The van der Waals surface area contributed by atoms with Crippen LogP contribution in [0.15, 0.2) is 0 Å². The number of likely N-dealkylation sites (tertiary alicyclic amines) is 2. The fourth-order valence-electron chi connectivity index (χ4n) is 3.17. The van der Waals surface area contributed by atoms with Crippen LogP contribution in [0.4, 0.5) is 0 Å². The van der Waals surface area contributed by atoms with E-state index in [9.17, 15) is 4.79 Å². The molecule has 2 aliphatic heterocycles. The number of hydrogen-bond acceptors (Lipinski definition) is 3. The second-order valence-electron chi connectivity index (χ2n) is 5.30. The molecule has 17 heavy (non-hydrogen) atoms. The van der Waals surface area contributed by atoms with Gasteiger partial charge in [0.05, 0.1) is 6.04 Å². The van der Waals surface area contributed by atoms with Crippen LogP contribution in [0, 0.1) is 0 Å². The number of carbonyl (C=O) groups is 1. The van der Waals surface area contributed by atoms with Crippen molar-refractivity contribution in [1.29, 1.82) is 0 Å². The largest absolute Gasteiger partial charge is 0.341 e. The first-order valence-electron chi connectivity index (χ1n) is 6.93. The van der Waals surface area contributed by atoms with Crippen molar-refractivity contribution in [3.63, 3.8) is 0 Å². The highest BCUT2D eigenvalue weighted by Gasteiger charge is 2.34. The van der Waals surface area contributed by atoms with E-state index in [1.807, 2.05) is 11.9 Å². The minimum absolute atomic E-state index is 0.0638. The van der Waals surface area contributed by atoms with Gasteiger partial charge in [-0.3, -0.25) is 9.69 Å². The molecule has 2 aliphatic rings. The summed E-state index contributed by atoms with van der Waals surface area (Å²) in [4.78, 5) is 16.8. The third-order valence-corrected chi connectivity index (χ3v) is 4.14. The Morgan fingerprint density at radius 2 is 2.00 bits per heavy atom. The fourth-order valence-corrected chi connectivity index (χ4v) is 3.17. The lowest BCUT2D eigenvalue weighted by Crippen LogP contribution is -2.50. The van der Waals surface area contributed by atoms with E-state index in [1.54, 1.807) is 0 Å². The predicted octanol–water partition coefficient (Wildman–Crippen LogP) is 0.681. The molecule has 1 N–H and O–H groups in total. The molecule has 2 saturated heterocycles. The van der Waals surface area contributed by atoms with E-state index in [2.05, 4.69) is 17.1 Å². The summed E-state index contributed by atoms with van der Waals surface area (Å²) in [6.07, 6.45) is 4.80. The Bertz CT molecular complexity index is 263. The lowest BCUT2D eigenvalue weighted by molar-refractivity contribution is -0.135. The summed E-state index contributed by atoms with van der Waals surface area (Å²) in [6, 6.07) is 0.607. The van der Waals surface area contributed by atoms with Crippen LogP contribution in [0.1, 0.15) is 32.6 Å². The molecule has 0 radical (unpaired) electrons. The average Bonchev–Trinajstić information content (AvgIpc) is 2.98. The molecule has 2 rings (SSSR count). The average molecular weight is 239 g/mol. The molecule has 0 aliphatic carbocycles. The van der Waals surface area contributed by atoms with Gasteiger partial charge in [0.25, 0.3) is 0 Å².